The number of rotatable bonds is 3. The quantitative estimate of drug-likeness (QED) is 0.783. The molecule has 2 unspecified atom stereocenters. The molecule has 0 spiro atoms. The summed E-state index contributed by atoms with van der Waals surface area (Å²) in [5.74, 6) is 6.75. The Hall–Kier alpha value is -1.17. The minimum absolute atomic E-state index is 0. The maximum atomic E-state index is 5.37. The average molecular weight is 419 g/mol. The number of fused-ring (bicyclic) bond motifs is 1. The molecule has 29 heavy (non-hydrogen) atoms. The molecule has 2 aromatic heterocycles. The zero-order valence-electron chi connectivity index (χ0n) is 17.4. The number of aromatic amines is 1. The molecule has 4 N–H and O–H groups in total. The summed E-state index contributed by atoms with van der Waals surface area (Å²) in [6.07, 6.45) is 11.8. The predicted octanol–water partition coefficient (Wildman–Crippen LogP) is 4.20. The maximum absolute atomic E-state index is 5.37. The van der Waals surface area contributed by atoms with Crippen LogP contribution in [0.25, 0.3) is 11.0 Å². The third-order valence-electron chi connectivity index (χ3n) is 8.46. The van der Waals surface area contributed by atoms with Gasteiger partial charge in [0.25, 0.3) is 0 Å². The van der Waals surface area contributed by atoms with Crippen molar-refractivity contribution in [3.8, 4) is 0 Å². The fraction of sp³-hybridized carbons (Fsp3) is 0.739. The van der Waals surface area contributed by atoms with E-state index in [0.717, 1.165) is 48.1 Å². The molecule has 6 heteroatoms. The van der Waals surface area contributed by atoms with Gasteiger partial charge in [-0.3, -0.25) is 0 Å². The Labute approximate surface area is 179 Å². The first-order valence-electron chi connectivity index (χ1n) is 11.4. The van der Waals surface area contributed by atoms with Crippen molar-refractivity contribution in [2.24, 2.45) is 29.6 Å². The van der Waals surface area contributed by atoms with Crippen LogP contribution < -0.4 is 5.32 Å². The van der Waals surface area contributed by atoms with Gasteiger partial charge in [0.15, 0.2) is 0 Å². The van der Waals surface area contributed by atoms with E-state index in [9.17, 15) is 0 Å². The molecule has 0 radical (unpaired) electrons. The second-order valence-electron chi connectivity index (χ2n) is 9.93. The summed E-state index contributed by atoms with van der Waals surface area (Å²) >= 11 is 0. The lowest BCUT2D eigenvalue weighted by atomic mass is 9.51. The number of nitrogens with one attached hydrogen (secondary N) is 2. The SMILES string of the molecule is CCC1CNCCC1c1nc(C2C3CC4CC(C3)CC2C4)c2[nH]ccc2n1.Cl.O. The summed E-state index contributed by atoms with van der Waals surface area (Å²) < 4.78 is 0. The molecule has 1 aliphatic heterocycles. The normalized spacial score (nSPS) is 37.9. The van der Waals surface area contributed by atoms with Gasteiger partial charge in [-0.15, -0.1) is 12.4 Å². The standard InChI is InChI=1S/C23H32N4.ClH.H2O/c1-2-15-12-24-5-3-18(15)23-26-19-4-6-25-21(19)22(27-23)20-16-8-13-7-14(10-16)11-17(20)9-13;;/h4,6,13-18,20,24-25H,2-3,5,7-12H2,1H3;1H;1H2. The number of halogens is 1. The van der Waals surface area contributed by atoms with E-state index in [-0.39, 0.29) is 17.9 Å². The fourth-order valence-electron chi connectivity index (χ4n) is 7.46. The molecule has 4 aliphatic carbocycles. The molecule has 3 heterocycles. The number of aromatic nitrogens is 3. The molecule has 2 aromatic rings. The lowest BCUT2D eigenvalue weighted by Gasteiger charge is -2.54. The monoisotopic (exact) mass is 418 g/mol. The van der Waals surface area contributed by atoms with Crippen molar-refractivity contribution in [3.05, 3.63) is 23.8 Å². The van der Waals surface area contributed by atoms with E-state index in [0.29, 0.717) is 17.8 Å². The minimum Gasteiger partial charge on any atom is -0.412 e. The van der Waals surface area contributed by atoms with E-state index in [1.54, 1.807) is 0 Å². The van der Waals surface area contributed by atoms with Crippen LogP contribution in [0.4, 0.5) is 0 Å². The third-order valence-corrected chi connectivity index (χ3v) is 8.46. The van der Waals surface area contributed by atoms with Gasteiger partial charge in [-0.25, -0.2) is 9.97 Å². The Kier molecular flexibility index (Phi) is 5.93. The summed E-state index contributed by atoms with van der Waals surface area (Å²) in [5, 5.41) is 3.58. The molecule has 4 saturated carbocycles. The van der Waals surface area contributed by atoms with Crippen LogP contribution in [0, 0.1) is 29.6 Å². The largest absolute Gasteiger partial charge is 0.412 e. The second-order valence-corrected chi connectivity index (χ2v) is 9.93. The molecular formula is C23H35ClN4O. The lowest BCUT2D eigenvalue weighted by molar-refractivity contribution is -0.00382. The van der Waals surface area contributed by atoms with Crippen LogP contribution in [0.2, 0.25) is 0 Å². The summed E-state index contributed by atoms with van der Waals surface area (Å²) in [6.45, 7) is 4.53. The highest BCUT2D eigenvalue weighted by Gasteiger charge is 2.49. The predicted molar refractivity (Wildman–Crippen MR) is 119 cm³/mol. The first-order valence-corrected chi connectivity index (χ1v) is 11.4. The molecule has 5 nitrogen and oxygen atoms in total. The Bertz CT molecular complexity index is 825. The Morgan fingerprint density at radius 1 is 1.03 bits per heavy atom. The smallest absolute Gasteiger partial charge is 0.132 e. The van der Waals surface area contributed by atoms with E-state index in [4.69, 9.17) is 9.97 Å². The summed E-state index contributed by atoms with van der Waals surface area (Å²) in [6, 6.07) is 2.17. The van der Waals surface area contributed by atoms with E-state index in [1.165, 1.54) is 56.2 Å². The molecule has 1 saturated heterocycles. The Morgan fingerprint density at radius 2 is 1.76 bits per heavy atom. The molecule has 0 aromatic carbocycles. The zero-order valence-corrected chi connectivity index (χ0v) is 18.2. The number of piperidine rings is 1. The number of hydrogen-bond acceptors (Lipinski definition) is 3. The molecule has 0 amide bonds. The highest BCUT2D eigenvalue weighted by Crippen LogP contribution is 2.60. The van der Waals surface area contributed by atoms with Gasteiger partial charge >= 0.3 is 0 Å². The van der Waals surface area contributed by atoms with Crippen LogP contribution in [-0.2, 0) is 0 Å². The zero-order chi connectivity index (χ0) is 18.0. The van der Waals surface area contributed by atoms with E-state index < -0.39 is 0 Å². The molecule has 2 atom stereocenters. The van der Waals surface area contributed by atoms with Gasteiger partial charge in [-0.1, -0.05) is 13.3 Å². The van der Waals surface area contributed by atoms with Crippen LogP contribution in [0.1, 0.15) is 75.2 Å². The van der Waals surface area contributed by atoms with Crippen LogP contribution in [0.3, 0.4) is 0 Å². The Balaban J connectivity index is 0.00000102. The van der Waals surface area contributed by atoms with Gasteiger partial charge in [-0.2, -0.15) is 0 Å². The van der Waals surface area contributed by atoms with E-state index in [2.05, 4.69) is 29.5 Å². The van der Waals surface area contributed by atoms with E-state index >= 15 is 0 Å². The summed E-state index contributed by atoms with van der Waals surface area (Å²) in [5.41, 5.74) is 3.76. The van der Waals surface area contributed by atoms with Gasteiger partial charge in [-0.05, 0) is 87.3 Å². The molecular weight excluding hydrogens is 384 g/mol. The highest BCUT2D eigenvalue weighted by atomic mass is 35.5. The molecule has 7 rings (SSSR count). The summed E-state index contributed by atoms with van der Waals surface area (Å²) in [7, 11) is 0. The minimum atomic E-state index is 0. The van der Waals surface area contributed by atoms with Gasteiger partial charge in [0.2, 0.25) is 0 Å². The lowest BCUT2D eigenvalue weighted by Crippen LogP contribution is -2.44. The van der Waals surface area contributed by atoms with Gasteiger partial charge in [0.05, 0.1) is 16.7 Å². The van der Waals surface area contributed by atoms with Crippen molar-refractivity contribution < 1.29 is 5.48 Å². The van der Waals surface area contributed by atoms with Crippen molar-refractivity contribution in [1.82, 2.24) is 20.3 Å². The van der Waals surface area contributed by atoms with E-state index in [1.807, 2.05) is 0 Å². The first-order chi connectivity index (χ1) is 13.3. The first kappa shape index (κ1) is 21.1. The second kappa shape index (κ2) is 8.16. The number of nitrogens with zero attached hydrogens (tertiary/aromatic N) is 2. The maximum Gasteiger partial charge on any atom is 0.132 e. The Morgan fingerprint density at radius 3 is 2.45 bits per heavy atom. The van der Waals surface area contributed by atoms with Gasteiger partial charge in [0.1, 0.15) is 5.82 Å². The van der Waals surface area contributed by atoms with Gasteiger partial charge < -0.3 is 15.8 Å². The fourth-order valence-corrected chi connectivity index (χ4v) is 7.46. The summed E-state index contributed by atoms with van der Waals surface area (Å²) in [4.78, 5) is 13.9. The van der Waals surface area contributed by atoms with Crippen molar-refractivity contribution in [2.45, 2.75) is 63.7 Å². The van der Waals surface area contributed by atoms with Crippen LogP contribution in [-0.4, -0.2) is 33.5 Å². The topological polar surface area (TPSA) is 85.1 Å². The number of H-pyrrole nitrogens is 1. The molecule has 4 bridgehead atoms. The van der Waals surface area contributed by atoms with Gasteiger partial charge in [0, 0.05) is 18.0 Å². The van der Waals surface area contributed by atoms with Crippen LogP contribution in [0.15, 0.2) is 12.3 Å². The molecule has 5 aliphatic rings. The van der Waals surface area contributed by atoms with Crippen molar-refractivity contribution >= 4 is 23.4 Å². The van der Waals surface area contributed by atoms with Crippen molar-refractivity contribution in [3.63, 3.8) is 0 Å². The van der Waals surface area contributed by atoms with Crippen LogP contribution in [0.5, 0.6) is 0 Å². The number of hydrogen-bond donors (Lipinski definition) is 2. The van der Waals surface area contributed by atoms with Crippen molar-refractivity contribution in [1.29, 1.82) is 0 Å². The van der Waals surface area contributed by atoms with Crippen LogP contribution >= 0.6 is 12.4 Å². The average Bonchev–Trinajstić information content (AvgIpc) is 3.15. The molecule has 5 fully saturated rings. The highest BCUT2D eigenvalue weighted by molar-refractivity contribution is 5.85. The third kappa shape index (κ3) is 3.39. The molecule has 160 valence electrons. The van der Waals surface area contributed by atoms with Crippen molar-refractivity contribution in [2.75, 3.05) is 13.1 Å².